The lowest BCUT2D eigenvalue weighted by molar-refractivity contribution is -0.126. The Morgan fingerprint density at radius 1 is 1.57 bits per heavy atom. The van der Waals surface area contributed by atoms with Crippen molar-refractivity contribution in [3.05, 3.63) is 0 Å². The standard InChI is InChI=1S/C10H19N3O/c1-4-10(12,5-2)9(14)13-7-8(3)6-11/h8H,4-5,7,12H2,1-3H3,(H,13,14). The molecule has 14 heavy (non-hydrogen) atoms. The van der Waals surface area contributed by atoms with E-state index in [0.717, 1.165) is 0 Å². The van der Waals surface area contributed by atoms with Gasteiger partial charge >= 0.3 is 0 Å². The highest BCUT2D eigenvalue weighted by atomic mass is 16.2. The Morgan fingerprint density at radius 2 is 2.07 bits per heavy atom. The number of rotatable bonds is 5. The van der Waals surface area contributed by atoms with E-state index < -0.39 is 5.54 Å². The second-order valence-electron chi connectivity index (χ2n) is 3.60. The Kier molecular flexibility index (Phi) is 5.18. The highest BCUT2D eigenvalue weighted by Gasteiger charge is 2.29. The summed E-state index contributed by atoms with van der Waals surface area (Å²) in [5.74, 6) is -0.332. The maximum Gasteiger partial charge on any atom is 0.240 e. The molecule has 0 aliphatic heterocycles. The van der Waals surface area contributed by atoms with Crippen molar-refractivity contribution in [2.75, 3.05) is 6.54 Å². The summed E-state index contributed by atoms with van der Waals surface area (Å²) in [7, 11) is 0. The number of carbonyl (C=O) groups is 1. The molecule has 0 radical (unpaired) electrons. The molecule has 0 bridgehead atoms. The molecule has 80 valence electrons. The number of nitrogens with one attached hydrogen (secondary N) is 1. The molecule has 1 atom stereocenters. The Bertz CT molecular complexity index is 228. The molecule has 0 aliphatic rings. The van der Waals surface area contributed by atoms with Crippen LogP contribution in [0.4, 0.5) is 0 Å². The lowest BCUT2D eigenvalue weighted by Gasteiger charge is -2.25. The normalized spacial score (nSPS) is 13.1. The van der Waals surface area contributed by atoms with Crippen LogP contribution in [0, 0.1) is 17.2 Å². The summed E-state index contributed by atoms with van der Waals surface area (Å²) >= 11 is 0. The quantitative estimate of drug-likeness (QED) is 0.683. The van der Waals surface area contributed by atoms with Crippen LogP contribution in [0.2, 0.25) is 0 Å². The number of nitrogens with zero attached hydrogens (tertiary/aromatic N) is 1. The van der Waals surface area contributed by atoms with Gasteiger partial charge in [0.2, 0.25) is 5.91 Å². The van der Waals surface area contributed by atoms with Crippen LogP contribution in [0.25, 0.3) is 0 Å². The Labute approximate surface area is 85.5 Å². The van der Waals surface area contributed by atoms with Gasteiger partial charge in [-0.1, -0.05) is 13.8 Å². The average molecular weight is 197 g/mol. The minimum absolute atomic E-state index is 0.162. The van der Waals surface area contributed by atoms with Crippen molar-refractivity contribution in [3.8, 4) is 6.07 Å². The van der Waals surface area contributed by atoms with Crippen LogP contribution in [0.1, 0.15) is 33.6 Å². The van der Waals surface area contributed by atoms with Gasteiger partial charge in [0.05, 0.1) is 17.5 Å². The number of carbonyl (C=O) groups excluding carboxylic acids is 1. The van der Waals surface area contributed by atoms with Crippen LogP contribution in [0.15, 0.2) is 0 Å². The van der Waals surface area contributed by atoms with Crippen molar-refractivity contribution in [3.63, 3.8) is 0 Å². The first kappa shape index (κ1) is 12.9. The summed E-state index contributed by atoms with van der Waals surface area (Å²) in [4.78, 5) is 11.6. The van der Waals surface area contributed by atoms with Gasteiger partial charge in [0.15, 0.2) is 0 Å². The molecule has 0 rings (SSSR count). The summed E-state index contributed by atoms with van der Waals surface area (Å²) in [6, 6.07) is 2.05. The molecule has 0 aromatic rings. The average Bonchev–Trinajstić information content (AvgIpc) is 2.23. The van der Waals surface area contributed by atoms with Crippen molar-refractivity contribution in [2.24, 2.45) is 11.7 Å². The first-order valence-electron chi connectivity index (χ1n) is 4.97. The SMILES string of the molecule is CCC(N)(CC)C(=O)NCC(C)C#N. The molecule has 1 unspecified atom stereocenters. The topological polar surface area (TPSA) is 78.9 Å². The van der Waals surface area contributed by atoms with Gasteiger partial charge in [-0.25, -0.2) is 0 Å². The van der Waals surface area contributed by atoms with E-state index in [1.807, 2.05) is 13.8 Å². The van der Waals surface area contributed by atoms with Gasteiger partial charge in [-0.2, -0.15) is 5.26 Å². The van der Waals surface area contributed by atoms with E-state index in [0.29, 0.717) is 19.4 Å². The molecule has 0 saturated carbocycles. The molecule has 0 aromatic heterocycles. The van der Waals surface area contributed by atoms with E-state index in [1.54, 1.807) is 6.92 Å². The van der Waals surface area contributed by atoms with Crippen LogP contribution in [0.3, 0.4) is 0 Å². The predicted octanol–water partition coefficient (Wildman–Crippen LogP) is 0.780. The first-order valence-corrected chi connectivity index (χ1v) is 4.97. The van der Waals surface area contributed by atoms with Gasteiger partial charge in [-0.05, 0) is 19.8 Å². The first-order chi connectivity index (χ1) is 6.50. The minimum atomic E-state index is -0.783. The molecule has 0 aromatic carbocycles. The Morgan fingerprint density at radius 3 is 2.43 bits per heavy atom. The molecule has 4 heteroatoms. The highest BCUT2D eigenvalue weighted by Crippen LogP contribution is 2.10. The van der Waals surface area contributed by atoms with E-state index >= 15 is 0 Å². The Balaban J connectivity index is 4.14. The molecule has 0 saturated heterocycles. The van der Waals surface area contributed by atoms with E-state index in [-0.39, 0.29) is 11.8 Å². The molecule has 0 heterocycles. The molecule has 1 amide bonds. The summed E-state index contributed by atoms with van der Waals surface area (Å²) in [6.45, 7) is 5.90. The third-order valence-corrected chi connectivity index (χ3v) is 2.50. The van der Waals surface area contributed by atoms with Gasteiger partial charge in [0.25, 0.3) is 0 Å². The number of amides is 1. The summed E-state index contributed by atoms with van der Waals surface area (Å²) in [5.41, 5.74) is 5.09. The summed E-state index contributed by atoms with van der Waals surface area (Å²) in [5, 5.41) is 11.2. The van der Waals surface area contributed by atoms with Crippen LogP contribution >= 0.6 is 0 Å². The predicted molar refractivity (Wildman–Crippen MR) is 55.3 cm³/mol. The van der Waals surface area contributed by atoms with Gasteiger partial charge in [-0.15, -0.1) is 0 Å². The number of nitrogens with two attached hydrogens (primary N) is 1. The van der Waals surface area contributed by atoms with E-state index in [4.69, 9.17) is 11.0 Å². The lowest BCUT2D eigenvalue weighted by atomic mass is 9.93. The fourth-order valence-electron chi connectivity index (χ4n) is 1.04. The third kappa shape index (κ3) is 3.35. The van der Waals surface area contributed by atoms with Crippen LogP contribution in [0.5, 0.6) is 0 Å². The van der Waals surface area contributed by atoms with Crippen molar-refractivity contribution >= 4 is 5.91 Å². The fraction of sp³-hybridized carbons (Fsp3) is 0.800. The zero-order valence-electron chi connectivity index (χ0n) is 9.13. The van der Waals surface area contributed by atoms with Crippen molar-refractivity contribution in [1.82, 2.24) is 5.32 Å². The van der Waals surface area contributed by atoms with E-state index in [1.165, 1.54) is 0 Å². The second-order valence-corrected chi connectivity index (χ2v) is 3.60. The molecule has 0 spiro atoms. The highest BCUT2D eigenvalue weighted by molar-refractivity contribution is 5.85. The van der Waals surface area contributed by atoms with E-state index in [9.17, 15) is 4.79 Å². The molecule has 3 N–H and O–H groups in total. The number of hydrogen-bond acceptors (Lipinski definition) is 3. The fourth-order valence-corrected chi connectivity index (χ4v) is 1.04. The largest absolute Gasteiger partial charge is 0.353 e. The van der Waals surface area contributed by atoms with Crippen molar-refractivity contribution in [2.45, 2.75) is 39.2 Å². The molecular weight excluding hydrogens is 178 g/mol. The maximum atomic E-state index is 11.6. The van der Waals surface area contributed by atoms with Crippen LogP contribution < -0.4 is 11.1 Å². The van der Waals surface area contributed by atoms with Crippen molar-refractivity contribution < 1.29 is 4.79 Å². The molecular formula is C10H19N3O. The monoisotopic (exact) mass is 197 g/mol. The Hall–Kier alpha value is -1.08. The van der Waals surface area contributed by atoms with Gasteiger partial charge < -0.3 is 11.1 Å². The van der Waals surface area contributed by atoms with Crippen LogP contribution in [-0.2, 0) is 4.79 Å². The van der Waals surface area contributed by atoms with Gasteiger partial charge in [0, 0.05) is 6.54 Å². The third-order valence-electron chi connectivity index (χ3n) is 2.50. The zero-order valence-corrected chi connectivity index (χ0v) is 9.13. The molecule has 0 aliphatic carbocycles. The zero-order chi connectivity index (χ0) is 11.2. The number of hydrogen-bond donors (Lipinski definition) is 2. The summed E-state index contributed by atoms with van der Waals surface area (Å²) < 4.78 is 0. The number of nitriles is 1. The van der Waals surface area contributed by atoms with E-state index in [2.05, 4.69) is 11.4 Å². The molecule has 0 fully saturated rings. The molecule has 4 nitrogen and oxygen atoms in total. The minimum Gasteiger partial charge on any atom is -0.353 e. The van der Waals surface area contributed by atoms with Gasteiger partial charge in [0.1, 0.15) is 0 Å². The smallest absolute Gasteiger partial charge is 0.240 e. The van der Waals surface area contributed by atoms with Crippen LogP contribution in [-0.4, -0.2) is 18.0 Å². The lowest BCUT2D eigenvalue weighted by Crippen LogP contribution is -2.53. The maximum absolute atomic E-state index is 11.6. The van der Waals surface area contributed by atoms with Gasteiger partial charge in [-0.3, -0.25) is 4.79 Å². The van der Waals surface area contributed by atoms with Crippen molar-refractivity contribution in [1.29, 1.82) is 5.26 Å². The summed E-state index contributed by atoms with van der Waals surface area (Å²) in [6.07, 6.45) is 1.21. The second kappa shape index (κ2) is 5.61.